The Bertz CT molecular complexity index is 509. The molecule has 2 nitrogen and oxygen atoms in total. The fourth-order valence-electron chi connectivity index (χ4n) is 1.60. The van der Waals surface area contributed by atoms with Crippen LogP contribution in [0.1, 0.15) is 22.9 Å². The van der Waals surface area contributed by atoms with Gasteiger partial charge in [0, 0.05) is 5.02 Å². The fraction of sp³-hybridized carbons (Fsp3) is 0.167. The molecular formula is C12H11BrClNO. The van der Waals surface area contributed by atoms with E-state index in [2.05, 4.69) is 15.9 Å². The summed E-state index contributed by atoms with van der Waals surface area (Å²) in [6.07, 6.45) is 0. The van der Waals surface area contributed by atoms with Crippen molar-refractivity contribution in [3.8, 4) is 0 Å². The highest BCUT2D eigenvalue weighted by Gasteiger charge is 2.15. The molecule has 1 aromatic heterocycles. The van der Waals surface area contributed by atoms with E-state index >= 15 is 0 Å². The summed E-state index contributed by atoms with van der Waals surface area (Å²) in [6, 6.07) is 9.08. The molecule has 0 fully saturated rings. The topological polar surface area (TPSA) is 39.2 Å². The average molecular weight is 301 g/mol. The van der Waals surface area contributed by atoms with Crippen LogP contribution in [0, 0.1) is 6.92 Å². The lowest BCUT2D eigenvalue weighted by atomic mass is 10.0. The van der Waals surface area contributed by atoms with E-state index in [1.165, 1.54) is 0 Å². The first-order chi connectivity index (χ1) is 7.58. The number of halogens is 2. The highest BCUT2D eigenvalue weighted by atomic mass is 79.9. The maximum absolute atomic E-state index is 6.13. The molecule has 2 aromatic rings. The third-order valence-electron chi connectivity index (χ3n) is 2.48. The van der Waals surface area contributed by atoms with Crippen LogP contribution >= 0.6 is 27.5 Å². The third-order valence-corrected chi connectivity index (χ3v) is 3.14. The van der Waals surface area contributed by atoms with Crippen molar-refractivity contribution in [2.75, 3.05) is 0 Å². The summed E-state index contributed by atoms with van der Waals surface area (Å²) in [7, 11) is 0. The standard InChI is InChI=1S/C12H11BrClNO/c1-7-2-3-8(14)6-9(7)12(15)10-4-5-11(13)16-10/h2-6,12H,15H2,1H3. The predicted octanol–water partition coefficient (Wildman–Crippen LogP) is 4.05. The summed E-state index contributed by atoms with van der Waals surface area (Å²) < 4.78 is 6.12. The van der Waals surface area contributed by atoms with Crippen molar-refractivity contribution in [1.82, 2.24) is 0 Å². The smallest absolute Gasteiger partial charge is 0.169 e. The molecule has 0 saturated heterocycles. The third kappa shape index (κ3) is 2.32. The second-order valence-corrected chi connectivity index (χ2v) is 4.84. The van der Waals surface area contributed by atoms with Crippen LogP contribution < -0.4 is 5.73 Å². The van der Waals surface area contributed by atoms with Gasteiger partial charge in [0.2, 0.25) is 0 Å². The Balaban J connectivity index is 2.40. The molecule has 0 spiro atoms. The lowest BCUT2D eigenvalue weighted by Gasteiger charge is -2.12. The van der Waals surface area contributed by atoms with Gasteiger partial charge in [-0.3, -0.25) is 0 Å². The molecule has 2 N–H and O–H groups in total. The molecule has 0 amide bonds. The largest absolute Gasteiger partial charge is 0.452 e. The highest BCUT2D eigenvalue weighted by molar-refractivity contribution is 9.10. The zero-order valence-corrected chi connectivity index (χ0v) is 11.0. The van der Waals surface area contributed by atoms with E-state index in [4.69, 9.17) is 21.8 Å². The molecule has 84 valence electrons. The summed E-state index contributed by atoms with van der Waals surface area (Å²) in [5.41, 5.74) is 8.21. The number of nitrogens with two attached hydrogens (primary N) is 1. The quantitative estimate of drug-likeness (QED) is 0.908. The highest BCUT2D eigenvalue weighted by Crippen LogP contribution is 2.27. The normalized spacial score (nSPS) is 12.8. The number of aryl methyl sites for hydroxylation is 1. The number of hydrogen-bond acceptors (Lipinski definition) is 2. The van der Waals surface area contributed by atoms with Gasteiger partial charge in [0.05, 0.1) is 6.04 Å². The summed E-state index contributed by atoms with van der Waals surface area (Å²) in [5.74, 6) is 0.720. The van der Waals surface area contributed by atoms with Crippen molar-refractivity contribution in [3.63, 3.8) is 0 Å². The molecule has 1 aromatic carbocycles. The Morgan fingerprint density at radius 1 is 1.31 bits per heavy atom. The number of rotatable bonds is 2. The molecule has 0 aliphatic carbocycles. The molecule has 0 radical (unpaired) electrons. The fourth-order valence-corrected chi connectivity index (χ4v) is 2.09. The summed E-state index contributed by atoms with van der Waals surface area (Å²) in [4.78, 5) is 0. The minimum absolute atomic E-state index is 0.287. The molecule has 1 atom stereocenters. The predicted molar refractivity (Wildman–Crippen MR) is 68.6 cm³/mol. The monoisotopic (exact) mass is 299 g/mol. The van der Waals surface area contributed by atoms with Crippen LogP contribution in [0.25, 0.3) is 0 Å². The van der Waals surface area contributed by atoms with Crippen LogP contribution in [0.5, 0.6) is 0 Å². The van der Waals surface area contributed by atoms with Gasteiger partial charge in [0.1, 0.15) is 5.76 Å². The molecule has 0 saturated carbocycles. The van der Waals surface area contributed by atoms with Crippen molar-refractivity contribution in [2.24, 2.45) is 5.73 Å². The second-order valence-electron chi connectivity index (χ2n) is 3.62. The van der Waals surface area contributed by atoms with Gasteiger partial charge in [-0.15, -0.1) is 0 Å². The van der Waals surface area contributed by atoms with Gasteiger partial charge >= 0.3 is 0 Å². The van der Waals surface area contributed by atoms with Gasteiger partial charge in [-0.05, 0) is 58.2 Å². The van der Waals surface area contributed by atoms with Gasteiger partial charge in [0.15, 0.2) is 4.67 Å². The summed E-state index contributed by atoms with van der Waals surface area (Å²) in [5, 5.41) is 0.682. The van der Waals surface area contributed by atoms with E-state index in [0.717, 1.165) is 16.9 Å². The van der Waals surface area contributed by atoms with Gasteiger partial charge in [-0.2, -0.15) is 0 Å². The average Bonchev–Trinajstić information content (AvgIpc) is 2.67. The zero-order chi connectivity index (χ0) is 11.7. The van der Waals surface area contributed by atoms with E-state index < -0.39 is 0 Å². The Kier molecular flexibility index (Phi) is 3.38. The summed E-state index contributed by atoms with van der Waals surface area (Å²) in [6.45, 7) is 2.00. The van der Waals surface area contributed by atoms with Crippen molar-refractivity contribution >= 4 is 27.5 Å². The van der Waals surface area contributed by atoms with Crippen molar-refractivity contribution < 1.29 is 4.42 Å². The Morgan fingerprint density at radius 2 is 2.06 bits per heavy atom. The molecule has 1 unspecified atom stereocenters. The van der Waals surface area contributed by atoms with Crippen LogP contribution in [0.4, 0.5) is 0 Å². The molecule has 16 heavy (non-hydrogen) atoms. The number of furan rings is 1. The van der Waals surface area contributed by atoms with Crippen LogP contribution in [-0.2, 0) is 0 Å². The van der Waals surface area contributed by atoms with Crippen LogP contribution in [-0.4, -0.2) is 0 Å². The van der Waals surface area contributed by atoms with E-state index in [-0.39, 0.29) is 6.04 Å². The zero-order valence-electron chi connectivity index (χ0n) is 8.71. The number of benzene rings is 1. The molecule has 1 heterocycles. The van der Waals surface area contributed by atoms with Crippen molar-refractivity contribution in [2.45, 2.75) is 13.0 Å². The van der Waals surface area contributed by atoms with Crippen LogP contribution in [0.2, 0.25) is 5.02 Å². The Morgan fingerprint density at radius 3 is 2.69 bits per heavy atom. The van der Waals surface area contributed by atoms with Gasteiger partial charge < -0.3 is 10.2 Å². The molecule has 2 rings (SSSR count). The molecular weight excluding hydrogens is 289 g/mol. The van der Waals surface area contributed by atoms with Crippen LogP contribution in [0.15, 0.2) is 39.4 Å². The van der Waals surface area contributed by atoms with Crippen molar-refractivity contribution in [3.05, 3.63) is 56.9 Å². The van der Waals surface area contributed by atoms with Crippen LogP contribution in [0.3, 0.4) is 0 Å². The number of hydrogen-bond donors (Lipinski definition) is 1. The maximum Gasteiger partial charge on any atom is 0.169 e. The van der Waals surface area contributed by atoms with Crippen molar-refractivity contribution in [1.29, 1.82) is 0 Å². The Hall–Kier alpha value is -0.770. The van der Waals surface area contributed by atoms with E-state index in [9.17, 15) is 0 Å². The lowest BCUT2D eigenvalue weighted by molar-refractivity contribution is 0.469. The second kappa shape index (κ2) is 4.62. The minimum Gasteiger partial charge on any atom is -0.452 e. The van der Waals surface area contributed by atoms with E-state index in [1.807, 2.05) is 37.3 Å². The molecule has 0 aliphatic heterocycles. The first-order valence-corrected chi connectivity index (χ1v) is 6.02. The molecule has 4 heteroatoms. The first-order valence-electron chi connectivity index (χ1n) is 4.85. The lowest BCUT2D eigenvalue weighted by Crippen LogP contribution is -2.12. The summed E-state index contributed by atoms with van der Waals surface area (Å²) >= 11 is 9.22. The molecule has 0 bridgehead atoms. The molecule has 0 aliphatic rings. The maximum atomic E-state index is 6.13. The SMILES string of the molecule is Cc1ccc(Cl)cc1C(N)c1ccc(Br)o1. The van der Waals surface area contributed by atoms with E-state index in [1.54, 1.807) is 0 Å². The first kappa shape index (κ1) is 11.7. The van der Waals surface area contributed by atoms with Gasteiger partial charge in [-0.25, -0.2) is 0 Å². The van der Waals surface area contributed by atoms with E-state index in [0.29, 0.717) is 9.69 Å². The Labute approximate surface area is 108 Å². The van der Waals surface area contributed by atoms with Gasteiger partial charge in [0.25, 0.3) is 0 Å². The van der Waals surface area contributed by atoms with Gasteiger partial charge in [-0.1, -0.05) is 17.7 Å². The minimum atomic E-state index is -0.287.